The Morgan fingerprint density at radius 3 is 2.18 bits per heavy atom. The third-order valence-corrected chi connectivity index (χ3v) is 2.50. The normalized spacial score (nSPS) is 12.4. The Labute approximate surface area is 102 Å². The second-order valence-corrected chi connectivity index (χ2v) is 5.00. The fourth-order valence-electron chi connectivity index (χ4n) is 1.41. The molecule has 0 aliphatic carbocycles. The molecule has 92 valence electrons. The molecule has 4 heteroatoms. The molecule has 2 amide bonds. The van der Waals surface area contributed by atoms with E-state index in [0.29, 0.717) is 0 Å². The van der Waals surface area contributed by atoms with Crippen LogP contribution in [0.4, 0.5) is 4.79 Å². The van der Waals surface area contributed by atoms with Gasteiger partial charge < -0.3 is 5.73 Å². The molecule has 0 radical (unpaired) electrons. The second kappa shape index (κ2) is 4.99. The largest absolute Gasteiger partial charge is 0.350 e. The van der Waals surface area contributed by atoms with Crippen LogP contribution in [0.2, 0.25) is 0 Å². The van der Waals surface area contributed by atoms with Crippen LogP contribution in [0.3, 0.4) is 0 Å². The fraction of sp³-hybridized carbons (Fsp3) is 0.385. The van der Waals surface area contributed by atoms with Gasteiger partial charge in [0.05, 0.1) is 5.71 Å². The van der Waals surface area contributed by atoms with Gasteiger partial charge in [-0.15, -0.1) is 0 Å². The number of amides is 2. The smallest absolute Gasteiger partial charge is 0.332 e. The number of hydrogen-bond donors (Lipinski definition) is 2. The molecule has 0 atom stereocenters. The van der Waals surface area contributed by atoms with E-state index in [1.54, 1.807) is 0 Å². The molecule has 0 spiro atoms. The lowest BCUT2D eigenvalue weighted by molar-refractivity contribution is 0.249. The quantitative estimate of drug-likeness (QED) is 0.597. The average Bonchev–Trinajstić information content (AvgIpc) is 2.25. The maximum absolute atomic E-state index is 10.5. The Hall–Kier alpha value is -1.84. The van der Waals surface area contributed by atoms with E-state index in [4.69, 9.17) is 5.73 Å². The van der Waals surface area contributed by atoms with Crippen LogP contribution in [-0.2, 0) is 5.41 Å². The summed E-state index contributed by atoms with van der Waals surface area (Å²) in [4.78, 5) is 10.5. The predicted molar refractivity (Wildman–Crippen MR) is 70.1 cm³/mol. The van der Waals surface area contributed by atoms with Gasteiger partial charge in [-0.25, -0.2) is 10.2 Å². The van der Waals surface area contributed by atoms with Gasteiger partial charge in [0.2, 0.25) is 0 Å². The van der Waals surface area contributed by atoms with E-state index >= 15 is 0 Å². The maximum atomic E-state index is 10.5. The van der Waals surface area contributed by atoms with Gasteiger partial charge in [0, 0.05) is 0 Å². The molecule has 17 heavy (non-hydrogen) atoms. The number of carbonyl (C=O) groups is 1. The predicted octanol–water partition coefficient (Wildman–Crippen LogP) is 2.38. The summed E-state index contributed by atoms with van der Waals surface area (Å²) >= 11 is 0. The third kappa shape index (κ3) is 3.90. The van der Waals surface area contributed by atoms with Gasteiger partial charge in [0.25, 0.3) is 0 Å². The summed E-state index contributed by atoms with van der Waals surface area (Å²) < 4.78 is 0. The second-order valence-electron chi connectivity index (χ2n) is 5.00. The molecule has 0 saturated heterocycles. The summed E-state index contributed by atoms with van der Waals surface area (Å²) in [6, 6.07) is 7.46. The highest BCUT2D eigenvalue weighted by Gasteiger charge is 2.13. The van der Waals surface area contributed by atoms with Crippen LogP contribution in [-0.4, -0.2) is 11.7 Å². The molecule has 0 aliphatic rings. The van der Waals surface area contributed by atoms with Crippen LogP contribution in [0.5, 0.6) is 0 Å². The number of hydrazone groups is 1. The van der Waals surface area contributed by atoms with Crippen LogP contribution < -0.4 is 11.2 Å². The molecular weight excluding hydrogens is 214 g/mol. The molecule has 0 heterocycles. The minimum Gasteiger partial charge on any atom is -0.350 e. The molecule has 4 nitrogen and oxygen atoms in total. The Morgan fingerprint density at radius 1 is 1.24 bits per heavy atom. The van der Waals surface area contributed by atoms with E-state index in [-0.39, 0.29) is 5.41 Å². The van der Waals surface area contributed by atoms with Crippen molar-refractivity contribution in [3.63, 3.8) is 0 Å². The summed E-state index contributed by atoms with van der Waals surface area (Å²) in [6.45, 7) is 8.31. The van der Waals surface area contributed by atoms with Gasteiger partial charge in [-0.2, -0.15) is 5.10 Å². The fourth-order valence-corrected chi connectivity index (χ4v) is 1.41. The Bertz CT molecular complexity index is 427. The molecule has 1 aromatic rings. The first kappa shape index (κ1) is 13.2. The van der Waals surface area contributed by atoms with Gasteiger partial charge in [-0.1, -0.05) is 45.0 Å². The third-order valence-electron chi connectivity index (χ3n) is 2.50. The van der Waals surface area contributed by atoms with E-state index in [1.807, 2.05) is 19.1 Å². The lowest BCUT2D eigenvalue weighted by atomic mass is 9.86. The van der Waals surface area contributed by atoms with Crippen LogP contribution in [0.15, 0.2) is 29.4 Å². The van der Waals surface area contributed by atoms with Crippen molar-refractivity contribution in [1.29, 1.82) is 0 Å². The highest BCUT2D eigenvalue weighted by Crippen LogP contribution is 2.22. The molecule has 3 N–H and O–H groups in total. The van der Waals surface area contributed by atoms with Crippen molar-refractivity contribution in [3.05, 3.63) is 35.4 Å². The summed E-state index contributed by atoms with van der Waals surface area (Å²) in [7, 11) is 0. The zero-order valence-corrected chi connectivity index (χ0v) is 10.7. The minimum absolute atomic E-state index is 0.134. The van der Waals surface area contributed by atoms with Crippen molar-refractivity contribution >= 4 is 11.7 Å². The van der Waals surface area contributed by atoms with E-state index in [9.17, 15) is 4.79 Å². The maximum Gasteiger partial charge on any atom is 0.332 e. The first-order valence-electron chi connectivity index (χ1n) is 5.51. The summed E-state index contributed by atoms with van der Waals surface area (Å²) in [5, 5.41) is 3.88. The number of benzene rings is 1. The first-order chi connectivity index (χ1) is 7.80. The molecule has 0 aliphatic heterocycles. The number of hydrogen-bond acceptors (Lipinski definition) is 2. The van der Waals surface area contributed by atoms with Crippen LogP contribution >= 0.6 is 0 Å². The molecule has 0 unspecified atom stereocenters. The number of rotatable bonds is 2. The molecular formula is C13H19N3O. The van der Waals surface area contributed by atoms with Gasteiger partial charge in [0.1, 0.15) is 0 Å². The Kier molecular flexibility index (Phi) is 3.89. The van der Waals surface area contributed by atoms with Crippen molar-refractivity contribution in [3.8, 4) is 0 Å². The van der Waals surface area contributed by atoms with Crippen molar-refractivity contribution in [1.82, 2.24) is 5.43 Å². The number of nitrogens with two attached hydrogens (primary N) is 1. The molecule has 1 rings (SSSR count). The number of nitrogens with zero attached hydrogens (tertiary/aromatic N) is 1. The molecule has 0 aromatic heterocycles. The van der Waals surface area contributed by atoms with Gasteiger partial charge in [-0.05, 0) is 23.5 Å². The number of nitrogens with one attached hydrogen (secondary N) is 1. The van der Waals surface area contributed by atoms with Crippen LogP contribution in [0.1, 0.15) is 38.8 Å². The van der Waals surface area contributed by atoms with Gasteiger partial charge >= 0.3 is 6.03 Å². The standard InChI is InChI=1S/C13H19N3O/c1-9(15-16-12(14)17)10-5-7-11(8-6-10)13(2,3)4/h5-8H,1-4H3,(H3,14,16,17). The average molecular weight is 233 g/mol. The Morgan fingerprint density at radius 2 is 1.76 bits per heavy atom. The SMILES string of the molecule is CC(=NNC(N)=O)c1ccc(C(C)(C)C)cc1. The van der Waals surface area contributed by atoms with Gasteiger partial charge in [-0.3, -0.25) is 0 Å². The monoisotopic (exact) mass is 233 g/mol. The summed E-state index contributed by atoms with van der Waals surface area (Å²) in [5.41, 5.74) is 10.2. The molecule has 1 aromatic carbocycles. The summed E-state index contributed by atoms with van der Waals surface area (Å²) in [5.74, 6) is 0. The number of urea groups is 1. The molecule has 0 saturated carbocycles. The highest BCUT2D eigenvalue weighted by atomic mass is 16.2. The molecule has 0 fully saturated rings. The minimum atomic E-state index is -0.657. The van der Waals surface area contributed by atoms with E-state index in [0.717, 1.165) is 11.3 Å². The van der Waals surface area contributed by atoms with Crippen molar-refractivity contribution < 1.29 is 4.79 Å². The van der Waals surface area contributed by atoms with Crippen LogP contribution in [0, 0.1) is 0 Å². The van der Waals surface area contributed by atoms with Crippen molar-refractivity contribution in [2.75, 3.05) is 0 Å². The highest BCUT2D eigenvalue weighted by molar-refractivity contribution is 5.99. The zero-order valence-electron chi connectivity index (χ0n) is 10.7. The topological polar surface area (TPSA) is 67.5 Å². The lowest BCUT2D eigenvalue weighted by Gasteiger charge is -2.19. The van der Waals surface area contributed by atoms with Gasteiger partial charge in [0.15, 0.2) is 0 Å². The zero-order chi connectivity index (χ0) is 13.1. The number of primary amides is 1. The summed E-state index contributed by atoms with van der Waals surface area (Å²) in [6.07, 6.45) is 0. The van der Waals surface area contributed by atoms with E-state index in [2.05, 4.69) is 43.4 Å². The Balaban J connectivity index is 2.88. The van der Waals surface area contributed by atoms with Crippen LogP contribution in [0.25, 0.3) is 0 Å². The number of carbonyl (C=O) groups excluding carboxylic acids is 1. The lowest BCUT2D eigenvalue weighted by Crippen LogP contribution is -2.25. The first-order valence-corrected chi connectivity index (χ1v) is 5.51. The van der Waals surface area contributed by atoms with Crippen molar-refractivity contribution in [2.45, 2.75) is 33.1 Å². The van der Waals surface area contributed by atoms with E-state index in [1.165, 1.54) is 5.56 Å². The van der Waals surface area contributed by atoms with E-state index < -0.39 is 6.03 Å². The molecule has 0 bridgehead atoms. The van der Waals surface area contributed by atoms with Crippen molar-refractivity contribution in [2.24, 2.45) is 10.8 Å².